The summed E-state index contributed by atoms with van der Waals surface area (Å²) >= 11 is 0. The highest BCUT2D eigenvalue weighted by molar-refractivity contribution is 5.98. The van der Waals surface area contributed by atoms with Gasteiger partial charge >= 0.3 is 6.18 Å². The molecule has 0 aliphatic rings. The average Bonchev–Trinajstić information content (AvgIpc) is 3.10. The van der Waals surface area contributed by atoms with Crippen LogP contribution < -0.4 is 0 Å². The van der Waals surface area contributed by atoms with Crippen molar-refractivity contribution in [2.24, 2.45) is 0 Å². The minimum Gasteiger partial charge on any atom is -0.361 e. The van der Waals surface area contributed by atoms with E-state index in [1.165, 1.54) is 18.3 Å². The topological polar surface area (TPSA) is 60.2 Å². The van der Waals surface area contributed by atoms with E-state index in [1.54, 1.807) is 19.1 Å². The van der Waals surface area contributed by atoms with Crippen LogP contribution >= 0.6 is 0 Å². The summed E-state index contributed by atoms with van der Waals surface area (Å²) in [5.74, 6) is 0.111. The molecule has 0 spiro atoms. The molecule has 0 amide bonds. The number of aryl methyl sites for hydroxylation is 2. The molecule has 0 radical (unpaired) electrons. The fraction of sp³-hybridized carbons (Fsp3) is 0.261. The monoisotopic (exact) mass is 415 g/mol. The third kappa shape index (κ3) is 5.23. The average molecular weight is 415 g/mol. The van der Waals surface area contributed by atoms with Gasteiger partial charge in [0, 0.05) is 19.3 Å². The highest BCUT2D eigenvalue weighted by Gasteiger charge is 2.30. The first kappa shape index (κ1) is 21.5. The van der Waals surface area contributed by atoms with Crippen molar-refractivity contribution in [2.75, 3.05) is 0 Å². The minimum absolute atomic E-state index is 0.0734. The molecule has 0 aliphatic carbocycles. The summed E-state index contributed by atoms with van der Waals surface area (Å²) in [6.45, 7) is 3.54. The van der Waals surface area contributed by atoms with E-state index < -0.39 is 11.7 Å². The molecule has 0 aliphatic heterocycles. The second-order valence-electron chi connectivity index (χ2n) is 7.25. The predicted molar refractivity (Wildman–Crippen MR) is 104 cm³/mol. The van der Waals surface area contributed by atoms with Gasteiger partial charge in [-0.15, -0.1) is 0 Å². The number of hydrogen-bond acceptors (Lipinski definition) is 4. The number of ketones is 2. The molecule has 0 bridgehead atoms. The van der Waals surface area contributed by atoms with Gasteiger partial charge < -0.3 is 4.52 Å². The second-order valence-corrected chi connectivity index (χ2v) is 7.25. The SMILES string of the molecule is Cc1ccc(CC(=O)Cc2cccc(C(F)(F)F)c2)cc1CC(=O)c1cnoc1C. The Morgan fingerprint density at radius 3 is 2.30 bits per heavy atom. The summed E-state index contributed by atoms with van der Waals surface area (Å²) in [5, 5.41) is 3.61. The molecule has 4 nitrogen and oxygen atoms in total. The van der Waals surface area contributed by atoms with Crippen LogP contribution in [0.4, 0.5) is 13.2 Å². The van der Waals surface area contributed by atoms with Gasteiger partial charge in [-0.2, -0.15) is 13.2 Å². The number of Topliss-reactive ketones (excluding diaryl/α,β-unsaturated/α-hetero) is 2. The third-order valence-electron chi connectivity index (χ3n) is 4.87. The van der Waals surface area contributed by atoms with Crippen molar-refractivity contribution in [3.8, 4) is 0 Å². The smallest absolute Gasteiger partial charge is 0.361 e. The third-order valence-corrected chi connectivity index (χ3v) is 4.87. The van der Waals surface area contributed by atoms with Crippen LogP contribution in [-0.2, 0) is 30.2 Å². The molecule has 0 saturated heterocycles. The van der Waals surface area contributed by atoms with Gasteiger partial charge in [-0.25, -0.2) is 0 Å². The zero-order valence-electron chi connectivity index (χ0n) is 16.5. The quantitative estimate of drug-likeness (QED) is 0.505. The van der Waals surface area contributed by atoms with Crippen LogP contribution in [0.15, 0.2) is 53.2 Å². The number of nitrogens with zero attached hydrogens (tertiary/aromatic N) is 1. The summed E-state index contributed by atoms with van der Waals surface area (Å²) in [7, 11) is 0. The lowest BCUT2D eigenvalue weighted by atomic mass is 9.95. The summed E-state index contributed by atoms with van der Waals surface area (Å²) in [5.41, 5.74) is 2.37. The summed E-state index contributed by atoms with van der Waals surface area (Å²) in [6.07, 6.45) is -2.94. The molecule has 1 heterocycles. The van der Waals surface area contributed by atoms with E-state index in [0.29, 0.717) is 22.5 Å². The van der Waals surface area contributed by atoms with Gasteiger partial charge in [0.1, 0.15) is 11.5 Å². The molecule has 0 saturated carbocycles. The molecule has 0 atom stereocenters. The summed E-state index contributed by atoms with van der Waals surface area (Å²) in [4.78, 5) is 24.9. The van der Waals surface area contributed by atoms with E-state index in [-0.39, 0.29) is 30.8 Å². The van der Waals surface area contributed by atoms with Crippen LogP contribution in [-0.4, -0.2) is 16.7 Å². The summed E-state index contributed by atoms with van der Waals surface area (Å²) in [6, 6.07) is 10.2. The standard InChI is InChI=1S/C23H20F3NO3/c1-14-6-7-17(8-18(14)12-22(29)21-13-27-30-15(21)2)11-20(28)10-16-4-3-5-19(9-16)23(24,25)26/h3-9,13H,10-12H2,1-2H3. The molecule has 3 rings (SSSR count). The van der Waals surface area contributed by atoms with Crippen molar-refractivity contribution in [3.05, 3.63) is 87.8 Å². The van der Waals surface area contributed by atoms with Gasteiger partial charge in [0.25, 0.3) is 0 Å². The second kappa shape index (κ2) is 8.65. The Hall–Kier alpha value is -3.22. The van der Waals surface area contributed by atoms with Crippen molar-refractivity contribution >= 4 is 11.6 Å². The van der Waals surface area contributed by atoms with Crippen molar-refractivity contribution in [1.82, 2.24) is 5.16 Å². The Morgan fingerprint density at radius 2 is 1.67 bits per heavy atom. The largest absolute Gasteiger partial charge is 0.416 e. The molecule has 7 heteroatoms. The maximum atomic E-state index is 12.8. The van der Waals surface area contributed by atoms with Gasteiger partial charge in [0.15, 0.2) is 5.78 Å². The maximum absolute atomic E-state index is 12.8. The number of carbonyl (C=O) groups is 2. The lowest BCUT2D eigenvalue weighted by Crippen LogP contribution is -2.10. The fourth-order valence-electron chi connectivity index (χ4n) is 3.24. The number of alkyl halides is 3. The number of rotatable bonds is 7. The molecule has 30 heavy (non-hydrogen) atoms. The first-order valence-electron chi connectivity index (χ1n) is 9.34. The van der Waals surface area contributed by atoms with Crippen LogP contribution in [0.2, 0.25) is 0 Å². The van der Waals surface area contributed by atoms with Crippen LogP contribution in [0.3, 0.4) is 0 Å². The highest BCUT2D eigenvalue weighted by Crippen LogP contribution is 2.29. The molecule has 3 aromatic rings. The van der Waals surface area contributed by atoms with Crippen molar-refractivity contribution in [2.45, 2.75) is 39.3 Å². The van der Waals surface area contributed by atoms with Gasteiger partial charge in [-0.3, -0.25) is 9.59 Å². The zero-order chi connectivity index (χ0) is 21.9. The van der Waals surface area contributed by atoms with E-state index in [0.717, 1.165) is 23.3 Å². The number of hydrogen-bond donors (Lipinski definition) is 0. The zero-order valence-corrected chi connectivity index (χ0v) is 16.5. The Kier molecular flexibility index (Phi) is 6.20. The Bertz CT molecular complexity index is 1080. The van der Waals surface area contributed by atoms with E-state index in [4.69, 9.17) is 4.52 Å². The van der Waals surface area contributed by atoms with E-state index in [1.807, 2.05) is 13.0 Å². The molecular formula is C23H20F3NO3. The number of benzene rings is 2. The number of halogens is 3. The predicted octanol–water partition coefficient (Wildman–Crippen LogP) is 5.09. The molecule has 156 valence electrons. The number of carbonyl (C=O) groups excluding carboxylic acids is 2. The van der Waals surface area contributed by atoms with Gasteiger partial charge in [-0.1, -0.05) is 41.6 Å². The van der Waals surface area contributed by atoms with Gasteiger partial charge in [0.2, 0.25) is 0 Å². The fourth-order valence-corrected chi connectivity index (χ4v) is 3.24. The molecule has 0 N–H and O–H groups in total. The summed E-state index contributed by atoms with van der Waals surface area (Å²) < 4.78 is 43.5. The Morgan fingerprint density at radius 1 is 0.967 bits per heavy atom. The van der Waals surface area contributed by atoms with Crippen molar-refractivity contribution < 1.29 is 27.3 Å². The highest BCUT2D eigenvalue weighted by atomic mass is 19.4. The molecule has 0 unspecified atom stereocenters. The minimum atomic E-state index is -4.44. The van der Waals surface area contributed by atoms with Crippen LogP contribution in [0.5, 0.6) is 0 Å². The molecular weight excluding hydrogens is 395 g/mol. The van der Waals surface area contributed by atoms with E-state index in [2.05, 4.69) is 5.16 Å². The number of aromatic nitrogens is 1. The van der Waals surface area contributed by atoms with E-state index in [9.17, 15) is 22.8 Å². The Balaban J connectivity index is 1.70. The van der Waals surface area contributed by atoms with Crippen LogP contribution in [0.1, 0.15) is 43.9 Å². The molecule has 0 fully saturated rings. The van der Waals surface area contributed by atoms with Gasteiger partial charge in [-0.05, 0) is 42.2 Å². The molecule has 1 aromatic heterocycles. The first-order valence-corrected chi connectivity index (χ1v) is 9.34. The van der Waals surface area contributed by atoms with Crippen molar-refractivity contribution in [1.29, 1.82) is 0 Å². The lowest BCUT2D eigenvalue weighted by Gasteiger charge is -2.10. The van der Waals surface area contributed by atoms with E-state index >= 15 is 0 Å². The maximum Gasteiger partial charge on any atom is 0.416 e. The van der Waals surface area contributed by atoms with Gasteiger partial charge in [0.05, 0.1) is 17.3 Å². The lowest BCUT2D eigenvalue weighted by molar-refractivity contribution is -0.137. The molecule has 2 aromatic carbocycles. The van der Waals surface area contributed by atoms with Crippen LogP contribution in [0, 0.1) is 13.8 Å². The van der Waals surface area contributed by atoms with Crippen molar-refractivity contribution in [3.63, 3.8) is 0 Å². The Labute approximate surface area is 171 Å². The van der Waals surface area contributed by atoms with Crippen LogP contribution in [0.25, 0.3) is 0 Å². The first-order chi connectivity index (χ1) is 14.1. The normalized spacial score (nSPS) is 11.5.